The number of nitrogens with zero attached hydrogens (tertiary/aromatic N) is 2. The van der Waals surface area contributed by atoms with Crippen molar-refractivity contribution in [3.8, 4) is 10.4 Å². The standard InChI is InChI=1S/C28H37N5O4S/c1-16(2)25(23(34)13-17(3)29)28(37)33-12-6-7-22(33)27(36)32-21(14-24(35)30-5)19-8-10-20(11-9-19)26-18(4)31-15-38-26/h8-11,13,15-16,21-22,25,29,34H,6-7,12,14H2,1-5H3,(H,30,35)(H,32,36)/b23-13-,29-17?/t21-,22-,25+/m0/s1. The van der Waals surface area contributed by atoms with Crippen LogP contribution in [0.2, 0.25) is 0 Å². The molecule has 38 heavy (non-hydrogen) atoms. The van der Waals surface area contributed by atoms with Gasteiger partial charge >= 0.3 is 0 Å². The van der Waals surface area contributed by atoms with Crippen LogP contribution in [-0.2, 0) is 14.4 Å². The van der Waals surface area contributed by atoms with Crippen molar-refractivity contribution in [2.75, 3.05) is 13.6 Å². The lowest BCUT2D eigenvalue weighted by Crippen LogP contribution is -2.49. The fourth-order valence-electron chi connectivity index (χ4n) is 4.80. The van der Waals surface area contributed by atoms with Gasteiger partial charge in [-0.05, 0) is 49.8 Å². The van der Waals surface area contributed by atoms with Crippen LogP contribution < -0.4 is 10.6 Å². The van der Waals surface area contributed by atoms with Crippen molar-refractivity contribution in [3.63, 3.8) is 0 Å². The first-order chi connectivity index (χ1) is 18.0. The van der Waals surface area contributed by atoms with Crippen molar-refractivity contribution in [2.24, 2.45) is 11.8 Å². The molecule has 3 atom stereocenters. The van der Waals surface area contributed by atoms with E-state index in [1.807, 2.05) is 45.0 Å². The molecule has 3 rings (SSSR count). The highest BCUT2D eigenvalue weighted by atomic mass is 32.1. The number of aliphatic hydroxyl groups excluding tert-OH is 1. The minimum Gasteiger partial charge on any atom is -0.511 e. The van der Waals surface area contributed by atoms with Gasteiger partial charge in [0.15, 0.2) is 0 Å². The van der Waals surface area contributed by atoms with E-state index in [-0.39, 0.29) is 41.5 Å². The van der Waals surface area contributed by atoms with Gasteiger partial charge in [-0.2, -0.15) is 0 Å². The first-order valence-electron chi connectivity index (χ1n) is 12.8. The molecule has 1 aromatic carbocycles. The van der Waals surface area contributed by atoms with Crippen molar-refractivity contribution in [1.29, 1.82) is 5.41 Å². The maximum absolute atomic E-state index is 13.5. The lowest BCUT2D eigenvalue weighted by Gasteiger charge is -2.31. The van der Waals surface area contributed by atoms with E-state index in [0.29, 0.717) is 19.4 Å². The normalized spacial score (nSPS) is 17.3. The number of benzene rings is 1. The summed E-state index contributed by atoms with van der Waals surface area (Å²) in [6, 6.07) is 6.43. The summed E-state index contributed by atoms with van der Waals surface area (Å²) in [6.07, 6.45) is 2.49. The molecular weight excluding hydrogens is 502 g/mol. The molecule has 4 N–H and O–H groups in total. The number of hydrogen-bond donors (Lipinski definition) is 4. The average molecular weight is 540 g/mol. The number of amides is 3. The molecule has 3 amide bonds. The molecule has 2 aromatic rings. The molecule has 0 spiro atoms. The summed E-state index contributed by atoms with van der Waals surface area (Å²) in [5.41, 5.74) is 4.68. The van der Waals surface area contributed by atoms with Crippen molar-refractivity contribution in [3.05, 3.63) is 52.9 Å². The molecule has 0 bridgehead atoms. The van der Waals surface area contributed by atoms with Gasteiger partial charge in [-0.1, -0.05) is 38.1 Å². The van der Waals surface area contributed by atoms with Gasteiger partial charge in [0.05, 0.1) is 34.5 Å². The van der Waals surface area contributed by atoms with Gasteiger partial charge in [0.25, 0.3) is 0 Å². The molecule has 0 saturated carbocycles. The predicted molar refractivity (Wildman–Crippen MR) is 149 cm³/mol. The monoisotopic (exact) mass is 539 g/mol. The van der Waals surface area contributed by atoms with E-state index in [0.717, 1.165) is 21.7 Å². The number of nitrogens with one attached hydrogen (secondary N) is 3. The minimum atomic E-state index is -0.840. The number of thiazole rings is 1. The Labute approximate surface area is 227 Å². The number of rotatable bonds is 10. The van der Waals surface area contributed by atoms with Crippen LogP contribution in [-0.4, -0.2) is 58.1 Å². The van der Waals surface area contributed by atoms with Gasteiger partial charge < -0.3 is 26.0 Å². The van der Waals surface area contributed by atoms with Gasteiger partial charge in [0.2, 0.25) is 17.7 Å². The van der Waals surface area contributed by atoms with E-state index in [2.05, 4.69) is 15.6 Å². The zero-order valence-electron chi connectivity index (χ0n) is 22.6. The Kier molecular flexibility index (Phi) is 9.79. The van der Waals surface area contributed by atoms with Crippen LogP contribution >= 0.6 is 11.3 Å². The number of allylic oxidation sites excluding steroid dienone is 1. The molecule has 1 fully saturated rings. The third-order valence-corrected chi connectivity index (χ3v) is 7.74. The number of carbonyl (C=O) groups is 3. The fourth-order valence-corrected chi connectivity index (χ4v) is 5.61. The first-order valence-corrected chi connectivity index (χ1v) is 13.7. The molecule has 1 saturated heterocycles. The number of carbonyl (C=O) groups excluding carboxylic acids is 3. The van der Waals surface area contributed by atoms with E-state index in [4.69, 9.17) is 5.41 Å². The van der Waals surface area contributed by atoms with Crippen LogP contribution in [0.4, 0.5) is 0 Å². The maximum Gasteiger partial charge on any atom is 0.243 e. The van der Waals surface area contributed by atoms with Crippen LogP contribution in [0.25, 0.3) is 10.4 Å². The number of aromatic nitrogens is 1. The fraction of sp³-hybridized carbons (Fsp3) is 0.464. The quantitative estimate of drug-likeness (QED) is 0.266. The molecule has 204 valence electrons. The highest BCUT2D eigenvalue weighted by Gasteiger charge is 2.40. The lowest BCUT2D eigenvalue weighted by molar-refractivity contribution is -0.142. The lowest BCUT2D eigenvalue weighted by atomic mass is 9.91. The number of likely N-dealkylation sites (tertiary alicyclic amines) is 1. The smallest absolute Gasteiger partial charge is 0.243 e. The molecular formula is C28H37N5O4S. The Balaban J connectivity index is 1.82. The summed E-state index contributed by atoms with van der Waals surface area (Å²) in [5.74, 6) is -2.11. The van der Waals surface area contributed by atoms with Crippen molar-refractivity contribution >= 4 is 34.8 Å². The number of aliphatic hydroxyl groups is 1. The molecule has 1 aromatic heterocycles. The van der Waals surface area contributed by atoms with E-state index < -0.39 is 18.0 Å². The van der Waals surface area contributed by atoms with E-state index in [9.17, 15) is 19.5 Å². The summed E-state index contributed by atoms with van der Waals surface area (Å²) < 4.78 is 0. The van der Waals surface area contributed by atoms with E-state index >= 15 is 0 Å². The minimum absolute atomic E-state index is 0.0542. The predicted octanol–water partition coefficient (Wildman–Crippen LogP) is 4.16. The molecule has 0 radical (unpaired) electrons. The van der Waals surface area contributed by atoms with Gasteiger partial charge in [-0.15, -0.1) is 11.3 Å². The summed E-state index contributed by atoms with van der Waals surface area (Å²) in [5, 5.41) is 23.8. The van der Waals surface area contributed by atoms with Crippen LogP contribution in [0.1, 0.15) is 57.3 Å². The van der Waals surface area contributed by atoms with Gasteiger partial charge in [-0.3, -0.25) is 14.4 Å². The van der Waals surface area contributed by atoms with E-state index in [1.54, 1.807) is 23.9 Å². The third-order valence-electron chi connectivity index (χ3n) is 6.76. The topological polar surface area (TPSA) is 135 Å². The summed E-state index contributed by atoms with van der Waals surface area (Å²) >= 11 is 1.55. The Morgan fingerprint density at radius 1 is 1.26 bits per heavy atom. The van der Waals surface area contributed by atoms with Crippen LogP contribution in [0.5, 0.6) is 0 Å². The molecule has 10 heteroatoms. The Morgan fingerprint density at radius 2 is 1.95 bits per heavy atom. The maximum atomic E-state index is 13.5. The van der Waals surface area contributed by atoms with Crippen LogP contribution in [0.15, 0.2) is 41.6 Å². The largest absolute Gasteiger partial charge is 0.511 e. The zero-order valence-corrected chi connectivity index (χ0v) is 23.4. The molecule has 1 aliphatic heterocycles. The highest BCUT2D eigenvalue weighted by molar-refractivity contribution is 7.13. The van der Waals surface area contributed by atoms with Crippen molar-refractivity contribution < 1.29 is 19.5 Å². The molecule has 0 aliphatic carbocycles. The summed E-state index contributed by atoms with van der Waals surface area (Å²) in [7, 11) is 1.55. The Morgan fingerprint density at radius 3 is 2.50 bits per heavy atom. The second-order valence-electron chi connectivity index (χ2n) is 9.99. The Bertz CT molecular complexity index is 1200. The van der Waals surface area contributed by atoms with Crippen LogP contribution in [0, 0.1) is 24.2 Å². The van der Waals surface area contributed by atoms with Crippen molar-refractivity contribution in [2.45, 2.75) is 59.0 Å². The molecule has 0 unspecified atom stereocenters. The van der Waals surface area contributed by atoms with Gasteiger partial charge in [-0.25, -0.2) is 4.98 Å². The van der Waals surface area contributed by atoms with E-state index in [1.165, 1.54) is 17.9 Å². The third kappa shape index (κ3) is 6.86. The SMILES string of the molecule is CNC(=O)C[C@H](NC(=O)[C@@H]1CCCN1C(=O)[C@@H](/C(O)=C/C(C)=N)C(C)C)c1ccc(-c2scnc2C)cc1. The first kappa shape index (κ1) is 29.0. The molecule has 9 nitrogen and oxygen atoms in total. The number of aryl methyl sites for hydroxylation is 1. The molecule has 2 heterocycles. The summed E-state index contributed by atoms with van der Waals surface area (Å²) in [4.78, 5) is 46.2. The zero-order chi connectivity index (χ0) is 28.0. The van der Waals surface area contributed by atoms with Gasteiger partial charge in [0.1, 0.15) is 11.8 Å². The number of hydrogen-bond acceptors (Lipinski definition) is 7. The van der Waals surface area contributed by atoms with Gasteiger partial charge in [0, 0.05) is 19.3 Å². The highest BCUT2D eigenvalue weighted by Crippen LogP contribution is 2.30. The Hall–Kier alpha value is -3.53. The van der Waals surface area contributed by atoms with Crippen LogP contribution in [0.3, 0.4) is 0 Å². The summed E-state index contributed by atoms with van der Waals surface area (Å²) in [6.45, 7) is 7.54. The second-order valence-corrected chi connectivity index (χ2v) is 10.8. The molecule has 1 aliphatic rings. The average Bonchev–Trinajstić information content (AvgIpc) is 3.52. The second kappa shape index (κ2) is 12.8. The van der Waals surface area contributed by atoms with Crippen molar-refractivity contribution in [1.82, 2.24) is 20.5 Å².